The standard InChI is InChI=1S/C18H19N5O2/c1-11-12(2)20-16-9-15(21-23(16)17(11)24)14-5-8-22(10-14)18(25)13-3-6-19-7-4-13/h3-4,6-7,9,14,21H,5,8,10H2,1-2H3/t14-/m1/s1. The van der Waals surface area contributed by atoms with Gasteiger partial charge in [0.2, 0.25) is 0 Å². The number of carbonyl (C=O) groups excluding carboxylic acids is 1. The van der Waals surface area contributed by atoms with Gasteiger partial charge in [-0.1, -0.05) is 0 Å². The number of nitrogens with one attached hydrogen (secondary N) is 1. The second-order valence-electron chi connectivity index (χ2n) is 6.51. The molecule has 128 valence electrons. The van der Waals surface area contributed by atoms with Crippen molar-refractivity contribution >= 4 is 11.6 Å². The molecule has 0 unspecified atom stereocenters. The number of rotatable bonds is 2. The highest BCUT2D eigenvalue weighted by Gasteiger charge is 2.29. The Morgan fingerprint density at radius 2 is 2.04 bits per heavy atom. The first kappa shape index (κ1) is 15.6. The monoisotopic (exact) mass is 337 g/mol. The Bertz CT molecular complexity index is 1010. The van der Waals surface area contributed by atoms with Crippen molar-refractivity contribution in [2.24, 2.45) is 0 Å². The SMILES string of the molecule is Cc1nc2cc([C@@H]3CCN(C(=O)c4ccncc4)C3)[nH]n2c(=O)c1C. The summed E-state index contributed by atoms with van der Waals surface area (Å²) in [6.07, 6.45) is 4.11. The van der Waals surface area contributed by atoms with E-state index in [0.29, 0.717) is 29.9 Å². The van der Waals surface area contributed by atoms with Gasteiger partial charge in [0.05, 0.1) is 0 Å². The third kappa shape index (κ3) is 2.61. The van der Waals surface area contributed by atoms with E-state index in [4.69, 9.17) is 0 Å². The van der Waals surface area contributed by atoms with E-state index in [1.807, 2.05) is 17.9 Å². The zero-order valence-electron chi connectivity index (χ0n) is 14.2. The van der Waals surface area contributed by atoms with Gasteiger partial charge in [0.1, 0.15) is 0 Å². The van der Waals surface area contributed by atoms with Gasteiger partial charge in [0, 0.05) is 60.0 Å². The van der Waals surface area contributed by atoms with Gasteiger partial charge in [-0.15, -0.1) is 0 Å². The van der Waals surface area contributed by atoms with Gasteiger partial charge in [-0.3, -0.25) is 19.7 Å². The van der Waals surface area contributed by atoms with E-state index in [0.717, 1.165) is 17.8 Å². The Labute approximate surface area is 144 Å². The minimum atomic E-state index is -0.0727. The molecule has 1 aliphatic heterocycles. The lowest BCUT2D eigenvalue weighted by Gasteiger charge is -2.16. The van der Waals surface area contributed by atoms with Crippen LogP contribution in [0.4, 0.5) is 0 Å². The molecule has 1 saturated heterocycles. The van der Waals surface area contributed by atoms with Gasteiger partial charge >= 0.3 is 0 Å². The number of likely N-dealkylation sites (tertiary alicyclic amines) is 1. The molecule has 1 amide bonds. The summed E-state index contributed by atoms with van der Waals surface area (Å²) < 4.78 is 1.49. The van der Waals surface area contributed by atoms with Crippen molar-refractivity contribution in [3.63, 3.8) is 0 Å². The highest BCUT2D eigenvalue weighted by molar-refractivity contribution is 5.94. The number of hydrogen-bond donors (Lipinski definition) is 1. The molecule has 0 aliphatic carbocycles. The van der Waals surface area contributed by atoms with Crippen LogP contribution in [-0.4, -0.2) is 43.5 Å². The highest BCUT2D eigenvalue weighted by atomic mass is 16.2. The summed E-state index contributed by atoms with van der Waals surface area (Å²) in [6, 6.07) is 5.38. The summed E-state index contributed by atoms with van der Waals surface area (Å²) in [6.45, 7) is 4.94. The number of aromatic nitrogens is 4. The van der Waals surface area contributed by atoms with Crippen LogP contribution >= 0.6 is 0 Å². The van der Waals surface area contributed by atoms with E-state index in [2.05, 4.69) is 15.1 Å². The Hall–Kier alpha value is -2.96. The van der Waals surface area contributed by atoms with Crippen molar-refractivity contribution in [1.29, 1.82) is 0 Å². The smallest absolute Gasteiger partial charge is 0.275 e. The molecule has 3 aromatic heterocycles. The maximum atomic E-state index is 12.6. The molecule has 0 spiro atoms. The largest absolute Gasteiger partial charge is 0.338 e. The van der Waals surface area contributed by atoms with Gasteiger partial charge in [0.15, 0.2) is 5.65 Å². The third-order valence-corrected chi connectivity index (χ3v) is 4.95. The van der Waals surface area contributed by atoms with Crippen molar-refractivity contribution in [3.8, 4) is 0 Å². The molecular formula is C18H19N5O2. The number of nitrogens with zero attached hydrogens (tertiary/aromatic N) is 4. The van der Waals surface area contributed by atoms with Gasteiger partial charge in [-0.25, -0.2) is 9.50 Å². The van der Waals surface area contributed by atoms with Crippen LogP contribution in [0.15, 0.2) is 35.4 Å². The van der Waals surface area contributed by atoms with Gasteiger partial charge < -0.3 is 4.90 Å². The van der Waals surface area contributed by atoms with Crippen LogP contribution in [0.25, 0.3) is 5.65 Å². The van der Waals surface area contributed by atoms with Crippen molar-refractivity contribution in [2.45, 2.75) is 26.2 Å². The van der Waals surface area contributed by atoms with E-state index in [1.54, 1.807) is 31.5 Å². The molecule has 1 N–H and O–H groups in total. The highest BCUT2D eigenvalue weighted by Crippen LogP contribution is 2.27. The molecule has 7 heteroatoms. The molecule has 7 nitrogen and oxygen atoms in total. The van der Waals surface area contributed by atoms with Gasteiger partial charge in [-0.05, 0) is 32.4 Å². The molecular weight excluding hydrogens is 318 g/mol. The van der Waals surface area contributed by atoms with Crippen molar-refractivity contribution in [1.82, 2.24) is 24.5 Å². The molecule has 4 rings (SSSR count). The van der Waals surface area contributed by atoms with Crippen LogP contribution in [0.2, 0.25) is 0 Å². The first-order valence-electron chi connectivity index (χ1n) is 8.33. The topological polar surface area (TPSA) is 83.4 Å². The average molecular weight is 337 g/mol. The van der Waals surface area contributed by atoms with Crippen molar-refractivity contribution in [2.75, 3.05) is 13.1 Å². The van der Waals surface area contributed by atoms with Crippen LogP contribution in [0.5, 0.6) is 0 Å². The van der Waals surface area contributed by atoms with Crippen molar-refractivity contribution < 1.29 is 4.79 Å². The normalized spacial score (nSPS) is 17.4. The lowest BCUT2D eigenvalue weighted by Crippen LogP contribution is -2.28. The summed E-state index contributed by atoms with van der Waals surface area (Å²) in [4.78, 5) is 35.2. The predicted octanol–water partition coefficient (Wildman–Crippen LogP) is 1.66. The summed E-state index contributed by atoms with van der Waals surface area (Å²) in [5.41, 5.74) is 3.54. The van der Waals surface area contributed by atoms with Crippen LogP contribution in [0.1, 0.15) is 39.6 Å². The zero-order chi connectivity index (χ0) is 17.6. The van der Waals surface area contributed by atoms with E-state index < -0.39 is 0 Å². The maximum absolute atomic E-state index is 12.6. The number of aromatic amines is 1. The molecule has 1 atom stereocenters. The second kappa shape index (κ2) is 5.84. The fourth-order valence-electron chi connectivity index (χ4n) is 3.32. The molecule has 0 saturated carbocycles. The molecule has 4 heterocycles. The minimum absolute atomic E-state index is 0.0167. The molecule has 0 aromatic carbocycles. The number of carbonyl (C=O) groups is 1. The minimum Gasteiger partial charge on any atom is -0.338 e. The molecule has 1 aliphatic rings. The van der Waals surface area contributed by atoms with E-state index in [-0.39, 0.29) is 17.4 Å². The number of pyridine rings is 1. The van der Waals surface area contributed by atoms with Gasteiger partial charge in [-0.2, -0.15) is 0 Å². The summed E-state index contributed by atoms with van der Waals surface area (Å²) >= 11 is 0. The van der Waals surface area contributed by atoms with Crippen LogP contribution < -0.4 is 5.56 Å². The van der Waals surface area contributed by atoms with Crippen molar-refractivity contribution in [3.05, 3.63) is 63.5 Å². The summed E-state index contributed by atoms with van der Waals surface area (Å²) in [7, 11) is 0. The van der Waals surface area contributed by atoms with Crippen LogP contribution in [0.3, 0.4) is 0 Å². The van der Waals surface area contributed by atoms with E-state index >= 15 is 0 Å². The molecule has 25 heavy (non-hydrogen) atoms. The fourth-order valence-corrected chi connectivity index (χ4v) is 3.32. The predicted molar refractivity (Wildman–Crippen MR) is 92.8 cm³/mol. The van der Waals surface area contributed by atoms with Crippen LogP contribution in [-0.2, 0) is 0 Å². The Balaban J connectivity index is 1.60. The molecule has 3 aromatic rings. The zero-order valence-corrected chi connectivity index (χ0v) is 14.2. The Kier molecular flexibility index (Phi) is 3.63. The van der Waals surface area contributed by atoms with Crippen LogP contribution in [0, 0.1) is 13.8 Å². The quantitative estimate of drug-likeness (QED) is 0.771. The summed E-state index contributed by atoms with van der Waals surface area (Å²) in [5.74, 6) is 0.190. The third-order valence-electron chi connectivity index (χ3n) is 4.95. The number of amides is 1. The summed E-state index contributed by atoms with van der Waals surface area (Å²) in [5, 5.41) is 3.17. The lowest BCUT2D eigenvalue weighted by molar-refractivity contribution is 0.0790. The number of hydrogen-bond acceptors (Lipinski definition) is 4. The molecule has 0 radical (unpaired) electrons. The Morgan fingerprint density at radius 1 is 1.28 bits per heavy atom. The first-order chi connectivity index (χ1) is 12.0. The molecule has 1 fully saturated rings. The number of aryl methyl sites for hydroxylation is 1. The van der Waals surface area contributed by atoms with Gasteiger partial charge in [0.25, 0.3) is 11.5 Å². The lowest BCUT2D eigenvalue weighted by atomic mass is 10.1. The fraction of sp³-hybridized carbons (Fsp3) is 0.333. The average Bonchev–Trinajstić information content (AvgIpc) is 3.27. The first-order valence-corrected chi connectivity index (χ1v) is 8.33. The second-order valence-corrected chi connectivity index (χ2v) is 6.51. The number of H-pyrrole nitrogens is 1. The maximum Gasteiger partial charge on any atom is 0.275 e. The van der Waals surface area contributed by atoms with E-state index in [1.165, 1.54) is 4.52 Å². The van der Waals surface area contributed by atoms with E-state index in [9.17, 15) is 9.59 Å². The number of fused-ring (bicyclic) bond motifs is 1. The molecule has 0 bridgehead atoms. The Morgan fingerprint density at radius 3 is 2.80 bits per heavy atom.